The second kappa shape index (κ2) is 9.65. The summed E-state index contributed by atoms with van der Waals surface area (Å²) in [5.41, 5.74) is 1.82. The van der Waals surface area contributed by atoms with Crippen molar-refractivity contribution in [3.63, 3.8) is 0 Å². The summed E-state index contributed by atoms with van der Waals surface area (Å²) in [6.07, 6.45) is 5.76. The monoisotopic (exact) mass is 523 g/mol. The van der Waals surface area contributed by atoms with Gasteiger partial charge in [0, 0.05) is 23.5 Å². The Labute approximate surface area is 211 Å². The zero-order chi connectivity index (χ0) is 26.4. The van der Waals surface area contributed by atoms with E-state index in [-0.39, 0.29) is 15.2 Å². The number of rotatable bonds is 6. The van der Waals surface area contributed by atoms with E-state index in [4.69, 9.17) is 5.14 Å². The maximum Gasteiger partial charge on any atom is 0.241 e. The molecule has 9 heteroatoms. The average Bonchev–Trinajstić information content (AvgIpc) is 3.03. The number of hydrogen-bond acceptors (Lipinski definition) is 4. The van der Waals surface area contributed by atoms with Crippen LogP contribution in [-0.2, 0) is 32.0 Å². The summed E-state index contributed by atoms with van der Waals surface area (Å²) >= 11 is 0. The van der Waals surface area contributed by atoms with Gasteiger partial charge >= 0.3 is 0 Å². The van der Waals surface area contributed by atoms with Crippen molar-refractivity contribution in [2.75, 3.05) is 0 Å². The molecule has 0 atom stereocenters. The average molecular weight is 524 g/mol. The van der Waals surface area contributed by atoms with Crippen LogP contribution in [0, 0.1) is 12.8 Å². The van der Waals surface area contributed by atoms with Gasteiger partial charge in [-0.3, -0.25) is 0 Å². The zero-order valence-electron chi connectivity index (χ0n) is 22.1. The van der Waals surface area contributed by atoms with Gasteiger partial charge in [0.1, 0.15) is 4.90 Å². The minimum Gasteiger partial charge on any atom is -0.343 e. The fourth-order valence-electron chi connectivity index (χ4n) is 4.81. The molecule has 1 fully saturated rings. The summed E-state index contributed by atoms with van der Waals surface area (Å²) in [6, 6.07) is 6.92. The van der Waals surface area contributed by atoms with E-state index in [1.54, 1.807) is 45.9 Å². The minimum absolute atomic E-state index is 0.0849. The van der Waals surface area contributed by atoms with Gasteiger partial charge in [-0.25, -0.2) is 26.7 Å². The third kappa shape index (κ3) is 6.76. The van der Waals surface area contributed by atoms with Crippen molar-refractivity contribution in [1.82, 2.24) is 9.29 Å². The van der Waals surface area contributed by atoms with Crippen LogP contribution in [0.4, 0.5) is 0 Å². The van der Waals surface area contributed by atoms with Crippen molar-refractivity contribution >= 4 is 20.0 Å². The van der Waals surface area contributed by atoms with Crippen LogP contribution in [0.3, 0.4) is 0 Å². The lowest BCUT2D eigenvalue weighted by Gasteiger charge is -2.26. The molecule has 35 heavy (non-hydrogen) atoms. The SMILES string of the molecule is Cc1c(S(N)(=O)=O)cc(-c2cc(C(C)(C)C)cc(S(=O)(=O)NC(C)(C)C)c2)n1CC1CCCCC1. The molecule has 0 bridgehead atoms. The molecule has 0 aliphatic heterocycles. The third-order valence-corrected chi connectivity index (χ3v) is 9.38. The Kier molecular flexibility index (Phi) is 7.69. The van der Waals surface area contributed by atoms with Crippen molar-refractivity contribution < 1.29 is 16.8 Å². The smallest absolute Gasteiger partial charge is 0.241 e. The van der Waals surface area contributed by atoms with Crippen LogP contribution >= 0.6 is 0 Å². The van der Waals surface area contributed by atoms with E-state index in [2.05, 4.69) is 4.72 Å². The van der Waals surface area contributed by atoms with Gasteiger partial charge in [0.05, 0.1) is 4.90 Å². The molecule has 1 aliphatic carbocycles. The van der Waals surface area contributed by atoms with Gasteiger partial charge in [0.15, 0.2) is 0 Å². The molecule has 1 saturated carbocycles. The quantitative estimate of drug-likeness (QED) is 0.551. The fourth-order valence-corrected chi connectivity index (χ4v) is 7.09. The highest BCUT2D eigenvalue weighted by Crippen LogP contribution is 2.36. The Morgan fingerprint density at radius 1 is 0.943 bits per heavy atom. The molecule has 0 saturated heterocycles. The molecule has 3 rings (SSSR count). The molecule has 7 nitrogen and oxygen atoms in total. The lowest BCUT2D eigenvalue weighted by molar-refractivity contribution is 0.318. The Bertz CT molecular complexity index is 1290. The van der Waals surface area contributed by atoms with Crippen molar-refractivity contribution in [3.05, 3.63) is 35.5 Å². The Balaban J connectivity index is 2.26. The summed E-state index contributed by atoms with van der Waals surface area (Å²) in [4.78, 5) is 0.247. The highest BCUT2D eigenvalue weighted by molar-refractivity contribution is 7.89. The van der Waals surface area contributed by atoms with Crippen molar-refractivity contribution in [2.24, 2.45) is 11.1 Å². The van der Waals surface area contributed by atoms with Gasteiger partial charge in [-0.15, -0.1) is 0 Å². The van der Waals surface area contributed by atoms with E-state index in [0.717, 1.165) is 18.4 Å². The van der Waals surface area contributed by atoms with E-state index in [1.165, 1.54) is 19.3 Å². The first-order chi connectivity index (χ1) is 15.9. The summed E-state index contributed by atoms with van der Waals surface area (Å²) in [7, 11) is -7.74. The summed E-state index contributed by atoms with van der Waals surface area (Å²) < 4.78 is 56.2. The lowest BCUT2D eigenvalue weighted by Crippen LogP contribution is -2.40. The normalized spacial score (nSPS) is 16.6. The predicted octanol–water partition coefficient (Wildman–Crippen LogP) is 5.07. The molecule has 0 amide bonds. The summed E-state index contributed by atoms with van der Waals surface area (Å²) in [5.74, 6) is 0.443. The van der Waals surface area contributed by atoms with E-state index < -0.39 is 25.6 Å². The second-order valence-electron chi connectivity index (χ2n) is 12.0. The maximum atomic E-state index is 13.3. The van der Waals surface area contributed by atoms with Gasteiger partial charge < -0.3 is 4.57 Å². The number of aromatic nitrogens is 1. The fraction of sp³-hybridized carbons (Fsp3) is 0.615. The second-order valence-corrected chi connectivity index (χ2v) is 15.2. The number of primary sulfonamides is 1. The standard InChI is InChI=1S/C26H41N3O4S2/c1-18-24(34(27,30)31)16-23(29(18)17-19-11-9-8-10-12-19)20-13-21(25(2,3)4)15-22(14-20)35(32,33)28-26(5,6)7/h13-16,19,28H,8-12,17H2,1-7H3,(H2,27,30,31). The van der Waals surface area contributed by atoms with Crippen LogP contribution in [0.1, 0.15) is 84.9 Å². The van der Waals surface area contributed by atoms with Crippen LogP contribution in [0.5, 0.6) is 0 Å². The molecular formula is C26H41N3O4S2. The van der Waals surface area contributed by atoms with E-state index in [0.29, 0.717) is 29.4 Å². The molecule has 1 aromatic heterocycles. The van der Waals surface area contributed by atoms with Crippen molar-refractivity contribution in [2.45, 2.75) is 108 Å². The van der Waals surface area contributed by atoms with Gasteiger partial charge in [-0.2, -0.15) is 0 Å². The number of sulfonamides is 2. The maximum absolute atomic E-state index is 13.3. The van der Waals surface area contributed by atoms with Crippen LogP contribution < -0.4 is 9.86 Å². The number of nitrogens with one attached hydrogen (secondary N) is 1. The van der Waals surface area contributed by atoms with E-state index in [9.17, 15) is 16.8 Å². The topological polar surface area (TPSA) is 111 Å². The first kappa shape index (κ1) is 27.9. The first-order valence-corrected chi connectivity index (χ1v) is 15.3. The lowest BCUT2D eigenvalue weighted by atomic mass is 9.86. The molecule has 1 aliphatic rings. The molecule has 2 aromatic rings. The van der Waals surface area contributed by atoms with Gasteiger partial charge in [-0.05, 0) is 87.3 Å². The molecule has 196 valence electrons. The largest absolute Gasteiger partial charge is 0.343 e. The number of benzene rings is 1. The molecule has 1 aromatic carbocycles. The molecule has 0 unspecified atom stereocenters. The van der Waals surface area contributed by atoms with Crippen LogP contribution in [-0.4, -0.2) is 26.9 Å². The van der Waals surface area contributed by atoms with Crippen LogP contribution in [0.2, 0.25) is 0 Å². The van der Waals surface area contributed by atoms with Gasteiger partial charge in [-0.1, -0.05) is 40.0 Å². The molecule has 0 spiro atoms. The molecule has 0 radical (unpaired) electrons. The molecule has 1 heterocycles. The number of nitrogens with zero attached hydrogens (tertiary/aromatic N) is 1. The highest BCUT2D eigenvalue weighted by atomic mass is 32.2. The minimum atomic E-state index is -3.94. The van der Waals surface area contributed by atoms with Gasteiger partial charge in [0.2, 0.25) is 20.0 Å². The zero-order valence-corrected chi connectivity index (χ0v) is 23.7. The van der Waals surface area contributed by atoms with E-state index in [1.807, 2.05) is 31.4 Å². The molecule has 3 N–H and O–H groups in total. The Morgan fingerprint density at radius 2 is 1.54 bits per heavy atom. The molecular weight excluding hydrogens is 482 g/mol. The third-order valence-electron chi connectivity index (χ3n) is 6.61. The van der Waals surface area contributed by atoms with Crippen molar-refractivity contribution in [1.29, 1.82) is 0 Å². The number of hydrogen-bond donors (Lipinski definition) is 2. The Morgan fingerprint density at radius 3 is 2.06 bits per heavy atom. The first-order valence-electron chi connectivity index (χ1n) is 12.3. The van der Waals surface area contributed by atoms with E-state index >= 15 is 0 Å². The van der Waals surface area contributed by atoms with Crippen molar-refractivity contribution in [3.8, 4) is 11.3 Å². The van der Waals surface area contributed by atoms with Gasteiger partial charge in [0.25, 0.3) is 0 Å². The van der Waals surface area contributed by atoms with Crippen LogP contribution in [0.25, 0.3) is 11.3 Å². The Hall–Kier alpha value is -1.68. The predicted molar refractivity (Wildman–Crippen MR) is 141 cm³/mol. The highest BCUT2D eigenvalue weighted by Gasteiger charge is 2.28. The van der Waals surface area contributed by atoms with Crippen LogP contribution in [0.15, 0.2) is 34.1 Å². The number of nitrogens with two attached hydrogens (primary N) is 1. The summed E-state index contributed by atoms with van der Waals surface area (Å²) in [5, 5.41) is 5.57. The summed E-state index contributed by atoms with van der Waals surface area (Å²) in [6.45, 7) is 13.9.